The van der Waals surface area contributed by atoms with E-state index in [0.29, 0.717) is 5.56 Å². The standard InChI is InChI=1S/C20H26N4O6S2/c1-13(2)9-16(19(26)22-28)24(7-6-23-18(25)11-21-20(23)27)32(29,30)12-14-3-4-17-15(10-14)5-8-31-17/h3-5,8,10,13,16,28H,6-7,9,11-12H2,1-2H3,(H,21,27)(H,22,26). The molecule has 10 nitrogen and oxygen atoms in total. The van der Waals surface area contributed by atoms with Crippen molar-refractivity contribution in [3.05, 3.63) is 35.2 Å². The summed E-state index contributed by atoms with van der Waals surface area (Å²) in [4.78, 5) is 37.2. The summed E-state index contributed by atoms with van der Waals surface area (Å²) < 4.78 is 28.9. The number of nitrogens with one attached hydrogen (secondary N) is 2. The van der Waals surface area contributed by atoms with Gasteiger partial charge in [-0.1, -0.05) is 19.9 Å². The van der Waals surface area contributed by atoms with Gasteiger partial charge in [0.25, 0.3) is 5.91 Å². The van der Waals surface area contributed by atoms with Gasteiger partial charge in [0.05, 0.1) is 12.3 Å². The van der Waals surface area contributed by atoms with E-state index in [-0.39, 0.29) is 37.7 Å². The molecule has 32 heavy (non-hydrogen) atoms. The van der Waals surface area contributed by atoms with Gasteiger partial charge in [0, 0.05) is 17.8 Å². The zero-order valence-corrected chi connectivity index (χ0v) is 19.4. The van der Waals surface area contributed by atoms with Gasteiger partial charge < -0.3 is 5.32 Å². The lowest BCUT2D eigenvalue weighted by Gasteiger charge is -2.31. The number of carbonyl (C=O) groups is 3. The third-order valence-corrected chi connectivity index (χ3v) is 7.91. The zero-order valence-electron chi connectivity index (χ0n) is 17.8. The molecule has 3 rings (SSSR count). The first kappa shape index (κ1) is 24.1. The fourth-order valence-electron chi connectivity index (χ4n) is 3.64. The van der Waals surface area contributed by atoms with Crippen LogP contribution in [-0.4, -0.2) is 66.4 Å². The molecule has 1 aliphatic heterocycles. The number of fused-ring (bicyclic) bond motifs is 1. The van der Waals surface area contributed by atoms with E-state index in [4.69, 9.17) is 0 Å². The predicted octanol–water partition coefficient (Wildman–Crippen LogP) is 1.51. The van der Waals surface area contributed by atoms with Gasteiger partial charge in [0.1, 0.15) is 6.04 Å². The highest BCUT2D eigenvalue weighted by atomic mass is 32.2. The number of hydrogen-bond donors (Lipinski definition) is 3. The van der Waals surface area contributed by atoms with Crippen molar-refractivity contribution in [2.24, 2.45) is 5.92 Å². The van der Waals surface area contributed by atoms with Gasteiger partial charge in [-0.3, -0.25) is 19.7 Å². The van der Waals surface area contributed by atoms with Gasteiger partial charge in [-0.25, -0.2) is 18.7 Å². The second-order valence-corrected chi connectivity index (χ2v) is 10.9. The fourth-order valence-corrected chi connectivity index (χ4v) is 6.11. The number of urea groups is 1. The maximum absolute atomic E-state index is 13.4. The van der Waals surface area contributed by atoms with Crippen LogP contribution < -0.4 is 10.8 Å². The molecule has 0 saturated carbocycles. The first-order chi connectivity index (χ1) is 15.1. The Balaban J connectivity index is 1.91. The number of imide groups is 1. The highest BCUT2D eigenvalue weighted by Crippen LogP contribution is 2.25. The number of nitrogens with zero attached hydrogens (tertiary/aromatic N) is 2. The topological polar surface area (TPSA) is 136 Å². The molecule has 1 unspecified atom stereocenters. The Morgan fingerprint density at radius 2 is 2.06 bits per heavy atom. The van der Waals surface area contributed by atoms with Crippen molar-refractivity contribution >= 4 is 49.3 Å². The van der Waals surface area contributed by atoms with E-state index in [2.05, 4.69) is 5.32 Å². The normalized spacial score (nSPS) is 15.6. The van der Waals surface area contributed by atoms with E-state index in [9.17, 15) is 28.0 Å². The Kier molecular flexibility index (Phi) is 7.49. The third-order valence-electron chi connectivity index (χ3n) is 5.16. The van der Waals surface area contributed by atoms with Crippen LogP contribution in [0.5, 0.6) is 0 Å². The van der Waals surface area contributed by atoms with Crippen molar-refractivity contribution in [2.45, 2.75) is 32.1 Å². The van der Waals surface area contributed by atoms with E-state index >= 15 is 0 Å². The minimum atomic E-state index is -4.06. The predicted molar refractivity (Wildman–Crippen MR) is 119 cm³/mol. The first-order valence-electron chi connectivity index (χ1n) is 10.1. The summed E-state index contributed by atoms with van der Waals surface area (Å²) in [5.41, 5.74) is 2.09. The van der Waals surface area contributed by atoms with Gasteiger partial charge in [-0.2, -0.15) is 4.31 Å². The van der Waals surface area contributed by atoms with Crippen LogP contribution in [0.1, 0.15) is 25.8 Å². The molecule has 3 N–H and O–H groups in total. The summed E-state index contributed by atoms with van der Waals surface area (Å²) in [7, 11) is -4.06. The molecule has 0 aliphatic carbocycles. The summed E-state index contributed by atoms with van der Waals surface area (Å²) in [6, 6.07) is 5.43. The zero-order chi connectivity index (χ0) is 23.5. The Bertz CT molecular complexity index is 1100. The maximum Gasteiger partial charge on any atom is 0.324 e. The molecule has 0 spiro atoms. The van der Waals surface area contributed by atoms with Crippen molar-refractivity contribution in [1.82, 2.24) is 20.0 Å². The van der Waals surface area contributed by atoms with Crippen LogP contribution in [-0.2, 0) is 25.4 Å². The van der Waals surface area contributed by atoms with Crippen LogP contribution in [0.15, 0.2) is 29.6 Å². The second kappa shape index (κ2) is 9.94. The quantitative estimate of drug-likeness (QED) is 0.267. The van der Waals surface area contributed by atoms with Crippen LogP contribution in [0.3, 0.4) is 0 Å². The highest BCUT2D eigenvalue weighted by Gasteiger charge is 2.37. The molecular weight excluding hydrogens is 456 g/mol. The average molecular weight is 483 g/mol. The molecule has 2 aromatic rings. The molecule has 4 amide bonds. The molecule has 1 aromatic heterocycles. The van der Waals surface area contributed by atoms with Gasteiger partial charge >= 0.3 is 6.03 Å². The Hall–Kier alpha value is -2.54. The van der Waals surface area contributed by atoms with E-state index in [1.807, 2.05) is 31.4 Å². The molecule has 1 saturated heterocycles. The fraction of sp³-hybridized carbons (Fsp3) is 0.450. The third kappa shape index (κ3) is 5.44. The van der Waals surface area contributed by atoms with Gasteiger partial charge in [0.2, 0.25) is 15.9 Å². The number of amides is 4. The number of carbonyl (C=O) groups excluding carboxylic acids is 3. The summed E-state index contributed by atoms with van der Waals surface area (Å²) in [5.74, 6) is -1.77. The van der Waals surface area contributed by atoms with Crippen LogP contribution >= 0.6 is 11.3 Å². The number of sulfonamides is 1. The Morgan fingerprint density at radius 1 is 1.31 bits per heavy atom. The molecule has 1 atom stereocenters. The smallest absolute Gasteiger partial charge is 0.324 e. The van der Waals surface area contributed by atoms with Crippen molar-refractivity contribution in [3.63, 3.8) is 0 Å². The molecule has 1 fully saturated rings. The minimum Gasteiger partial charge on any atom is -0.329 e. The number of thiophene rings is 1. The molecular formula is C20H26N4O6S2. The van der Waals surface area contributed by atoms with Crippen molar-refractivity contribution < 1.29 is 28.0 Å². The Morgan fingerprint density at radius 3 is 2.69 bits per heavy atom. The van der Waals surface area contributed by atoms with E-state index < -0.39 is 33.9 Å². The van der Waals surface area contributed by atoms with Crippen molar-refractivity contribution in [1.29, 1.82) is 0 Å². The van der Waals surface area contributed by atoms with Crippen LogP contribution in [0, 0.1) is 5.92 Å². The van der Waals surface area contributed by atoms with Crippen LogP contribution in [0.2, 0.25) is 0 Å². The first-order valence-corrected chi connectivity index (χ1v) is 12.6. The molecule has 12 heteroatoms. The van der Waals surface area contributed by atoms with Crippen LogP contribution in [0.25, 0.3) is 10.1 Å². The van der Waals surface area contributed by atoms with E-state index in [1.165, 1.54) is 0 Å². The van der Waals surface area contributed by atoms with E-state index in [1.54, 1.807) is 28.9 Å². The average Bonchev–Trinajstić information content (AvgIpc) is 3.32. The molecule has 0 bridgehead atoms. The molecule has 2 heterocycles. The van der Waals surface area contributed by atoms with E-state index in [0.717, 1.165) is 19.3 Å². The molecule has 1 aliphatic rings. The summed E-state index contributed by atoms with van der Waals surface area (Å²) in [5, 5.41) is 14.4. The lowest BCUT2D eigenvalue weighted by molar-refractivity contribution is -0.133. The van der Waals surface area contributed by atoms with Gasteiger partial charge in [-0.15, -0.1) is 11.3 Å². The van der Waals surface area contributed by atoms with Crippen LogP contribution in [0.4, 0.5) is 4.79 Å². The SMILES string of the molecule is CC(C)CC(C(=O)NO)N(CCN1C(=O)CNC1=O)S(=O)(=O)Cc1ccc2sccc2c1. The van der Waals surface area contributed by atoms with Crippen molar-refractivity contribution in [3.8, 4) is 0 Å². The summed E-state index contributed by atoms with van der Waals surface area (Å²) >= 11 is 1.55. The highest BCUT2D eigenvalue weighted by molar-refractivity contribution is 7.88. The molecule has 1 aromatic carbocycles. The lowest BCUT2D eigenvalue weighted by Crippen LogP contribution is -2.52. The van der Waals surface area contributed by atoms with Crippen molar-refractivity contribution in [2.75, 3.05) is 19.6 Å². The minimum absolute atomic E-state index is 0.0612. The number of rotatable bonds is 10. The summed E-state index contributed by atoms with van der Waals surface area (Å²) in [6.07, 6.45) is 0.148. The molecule has 174 valence electrons. The number of hydroxylamine groups is 1. The largest absolute Gasteiger partial charge is 0.329 e. The number of benzene rings is 1. The number of hydrogen-bond acceptors (Lipinski definition) is 7. The monoisotopic (exact) mass is 482 g/mol. The lowest BCUT2D eigenvalue weighted by atomic mass is 10.0. The van der Waals surface area contributed by atoms with Gasteiger partial charge in [-0.05, 0) is 46.9 Å². The maximum atomic E-state index is 13.4. The second-order valence-electron chi connectivity index (χ2n) is 7.99. The van der Waals surface area contributed by atoms with Gasteiger partial charge in [0.15, 0.2) is 0 Å². The molecule has 0 radical (unpaired) electrons. The summed E-state index contributed by atoms with van der Waals surface area (Å²) in [6.45, 7) is 3.02. The Labute approximate surface area is 190 Å².